The van der Waals surface area contributed by atoms with Gasteiger partial charge in [0.2, 0.25) is 11.8 Å². The number of hydrogen-bond donors (Lipinski definition) is 2. The van der Waals surface area contributed by atoms with Crippen molar-refractivity contribution in [3.8, 4) is 5.88 Å². The van der Waals surface area contributed by atoms with Crippen molar-refractivity contribution in [3.63, 3.8) is 0 Å². The average molecular weight is 346 g/mol. The molecule has 1 aliphatic heterocycles. The Morgan fingerprint density at radius 1 is 1.25 bits per heavy atom. The molecule has 0 atom stereocenters. The largest absolute Gasteiger partial charge is 0.468 e. The number of nitrogens with zero attached hydrogens (tertiary/aromatic N) is 2. The van der Waals surface area contributed by atoms with Gasteiger partial charge in [-0.05, 0) is 18.9 Å². The molecule has 3 amide bonds. The first-order chi connectivity index (χ1) is 11.3. The fourth-order valence-corrected chi connectivity index (χ4v) is 2.10. The summed E-state index contributed by atoms with van der Waals surface area (Å²) in [7, 11) is 0. The molecule has 2 rings (SSSR count). The first-order valence-corrected chi connectivity index (χ1v) is 7.32. The van der Waals surface area contributed by atoms with Gasteiger partial charge in [0.05, 0.1) is 18.4 Å². The summed E-state index contributed by atoms with van der Waals surface area (Å²) in [6, 6.07) is 1.95. The van der Waals surface area contributed by atoms with E-state index in [0.29, 0.717) is 13.1 Å². The first-order valence-electron chi connectivity index (χ1n) is 7.32. The first kappa shape index (κ1) is 17.8. The molecule has 1 aromatic rings. The van der Waals surface area contributed by atoms with Crippen molar-refractivity contribution in [2.24, 2.45) is 0 Å². The maximum absolute atomic E-state index is 12.0. The van der Waals surface area contributed by atoms with E-state index in [1.807, 2.05) is 0 Å². The number of carbonyl (C=O) groups excluding carboxylic acids is 2. The van der Waals surface area contributed by atoms with Crippen molar-refractivity contribution >= 4 is 17.6 Å². The van der Waals surface area contributed by atoms with Crippen LogP contribution in [0.2, 0.25) is 0 Å². The van der Waals surface area contributed by atoms with E-state index in [0.717, 1.165) is 19.0 Å². The van der Waals surface area contributed by atoms with E-state index in [9.17, 15) is 22.8 Å². The van der Waals surface area contributed by atoms with Crippen molar-refractivity contribution in [1.29, 1.82) is 0 Å². The fourth-order valence-electron chi connectivity index (χ4n) is 2.10. The zero-order chi connectivity index (χ0) is 17.6. The van der Waals surface area contributed by atoms with Gasteiger partial charge in [-0.25, -0.2) is 9.78 Å². The van der Waals surface area contributed by atoms with E-state index < -0.39 is 18.8 Å². The summed E-state index contributed by atoms with van der Waals surface area (Å²) in [6.07, 6.45) is -1.35. The molecule has 1 aromatic heterocycles. The summed E-state index contributed by atoms with van der Waals surface area (Å²) in [4.78, 5) is 28.8. The number of hydrogen-bond acceptors (Lipinski definition) is 4. The number of carbonyl (C=O) groups is 2. The number of anilines is 1. The van der Waals surface area contributed by atoms with E-state index in [2.05, 4.69) is 20.4 Å². The van der Waals surface area contributed by atoms with Gasteiger partial charge < -0.3 is 20.3 Å². The molecule has 2 N–H and O–H groups in total. The molecule has 0 radical (unpaired) electrons. The summed E-state index contributed by atoms with van der Waals surface area (Å²) in [6.45, 7) is -0.158. The van der Waals surface area contributed by atoms with Crippen molar-refractivity contribution < 1.29 is 27.5 Å². The van der Waals surface area contributed by atoms with Crippen LogP contribution in [0.1, 0.15) is 12.8 Å². The molecular weight excluding hydrogens is 329 g/mol. The molecule has 1 fully saturated rings. The minimum Gasteiger partial charge on any atom is -0.468 e. The molecule has 10 heteroatoms. The van der Waals surface area contributed by atoms with E-state index in [1.54, 1.807) is 4.90 Å². The second kappa shape index (κ2) is 7.84. The van der Waals surface area contributed by atoms with Gasteiger partial charge in [-0.1, -0.05) is 0 Å². The standard InChI is InChI=1S/C14H17F3N4O3/c15-14(16,17)9-24-11-4-3-10(7-18-11)20-13(23)19-8-12(22)21-5-1-2-6-21/h3-4,7H,1-2,5-6,8-9H2,(H2,19,20,23). The highest BCUT2D eigenvalue weighted by Crippen LogP contribution is 2.18. The molecule has 2 heterocycles. The van der Waals surface area contributed by atoms with E-state index in [4.69, 9.17) is 0 Å². The lowest BCUT2D eigenvalue weighted by Crippen LogP contribution is -2.40. The number of rotatable bonds is 5. The Kier molecular flexibility index (Phi) is 5.83. The number of likely N-dealkylation sites (tertiary alicyclic amines) is 1. The molecule has 1 aliphatic rings. The minimum absolute atomic E-state index is 0.119. The molecule has 1 saturated heterocycles. The van der Waals surface area contributed by atoms with Crippen LogP contribution in [0.3, 0.4) is 0 Å². The van der Waals surface area contributed by atoms with Gasteiger partial charge in [-0.15, -0.1) is 0 Å². The summed E-state index contributed by atoms with van der Waals surface area (Å²) in [5.41, 5.74) is 0.264. The van der Waals surface area contributed by atoms with Gasteiger partial charge >= 0.3 is 12.2 Å². The normalized spacial score (nSPS) is 14.4. The van der Waals surface area contributed by atoms with Crippen molar-refractivity contribution in [2.45, 2.75) is 19.0 Å². The monoisotopic (exact) mass is 346 g/mol. The Morgan fingerprint density at radius 3 is 2.54 bits per heavy atom. The van der Waals surface area contributed by atoms with Crippen LogP contribution >= 0.6 is 0 Å². The molecule has 24 heavy (non-hydrogen) atoms. The molecule has 7 nitrogen and oxygen atoms in total. The second-order valence-corrected chi connectivity index (χ2v) is 5.18. The lowest BCUT2D eigenvalue weighted by molar-refractivity contribution is -0.154. The molecule has 0 unspecified atom stereocenters. The van der Waals surface area contributed by atoms with Gasteiger partial charge in [0.1, 0.15) is 0 Å². The number of ether oxygens (including phenoxy) is 1. The number of pyridine rings is 1. The van der Waals surface area contributed by atoms with Crippen LogP contribution in [0.15, 0.2) is 18.3 Å². The van der Waals surface area contributed by atoms with Gasteiger partial charge in [-0.3, -0.25) is 4.79 Å². The quantitative estimate of drug-likeness (QED) is 0.851. The molecule has 132 valence electrons. The highest BCUT2D eigenvalue weighted by molar-refractivity contribution is 5.92. The third-order valence-corrected chi connectivity index (χ3v) is 3.24. The van der Waals surface area contributed by atoms with Gasteiger partial charge in [0.15, 0.2) is 6.61 Å². The lowest BCUT2D eigenvalue weighted by Gasteiger charge is -2.15. The number of halogens is 3. The molecule has 0 aliphatic carbocycles. The highest BCUT2D eigenvalue weighted by atomic mass is 19.4. The topological polar surface area (TPSA) is 83.6 Å². The van der Waals surface area contributed by atoms with Crippen molar-refractivity contribution in [1.82, 2.24) is 15.2 Å². The SMILES string of the molecule is O=C(NCC(=O)N1CCCC1)Nc1ccc(OCC(F)(F)F)nc1. The van der Waals surface area contributed by atoms with Crippen LogP contribution in [0, 0.1) is 0 Å². The Morgan fingerprint density at radius 2 is 1.96 bits per heavy atom. The molecule has 0 bridgehead atoms. The molecular formula is C14H17F3N4O3. The maximum Gasteiger partial charge on any atom is 0.422 e. The van der Waals surface area contributed by atoms with Crippen LogP contribution in [0.25, 0.3) is 0 Å². The van der Waals surface area contributed by atoms with Crippen molar-refractivity contribution in [2.75, 3.05) is 31.6 Å². The number of urea groups is 1. The van der Waals surface area contributed by atoms with Gasteiger partial charge in [0, 0.05) is 19.2 Å². The van der Waals surface area contributed by atoms with E-state index in [1.165, 1.54) is 12.1 Å². The number of alkyl halides is 3. The predicted molar refractivity (Wildman–Crippen MR) is 78.6 cm³/mol. The molecule has 0 spiro atoms. The highest BCUT2D eigenvalue weighted by Gasteiger charge is 2.28. The van der Waals surface area contributed by atoms with Crippen LogP contribution in [-0.2, 0) is 4.79 Å². The van der Waals surface area contributed by atoms with Crippen molar-refractivity contribution in [3.05, 3.63) is 18.3 Å². The van der Waals surface area contributed by atoms with Gasteiger partial charge in [0.25, 0.3) is 0 Å². The zero-order valence-corrected chi connectivity index (χ0v) is 12.7. The summed E-state index contributed by atoms with van der Waals surface area (Å²) in [5, 5.41) is 4.84. The Balaban J connectivity index is 1.74. The Hall–Kier alpha value is -2.52. The Bertz CT molecular complexity index is 572. The summed E-state index contributed by atoms with van der Waals surface area (Å²) < 4.78 is 40.5. The number of aromatic nitrogens is 1. The van der Waals surface area contributed by atoms with Gasteiger partial charge in [-0.2, -0.15) is 13.2 Å². The van der Waals surface area contributed by atoms with Crippen LogP contribution < -0.4 is 15.4 Å². The number of amides is 3. The smallest absolute Gasteiger partial charge is 0.422 e. The molecule has 0 aromatic carbocycles. The summed E-state index contributed by atoms with van der Waals surface area (Å²) >= 11 is 0. The lowest BCUT2D eigenvalue weighted by atomic mass is 10.4. The second-order valence-electron chi connectivity index (χ2n) is 5.18. The van der Waals surface area contributed by atoms with Crippen LogP contribution in [0.4, 0.5) is 23.7 Å². The maximum atomic E-state index is 12.0. The average Bonchev–Trinajstić information content (AvgIpc) is 3.06. The number of nitrogens with one attached hydrogen (secondary N) is 2. The summed E-state index contributed by atoms with van der Waals surface area (Å²) in [5.74, 6) is -0.362. The third kappa shape index (κ3) is 5.94. The fraction of sp³-hybridized carbons (Fsp3) is 0.500. The molecule has 0 saturated carbocycles. The third-order valence-electron chi connectivity index (χ3n) is 3.24. The van der Waals surface area contributed by atoms with E-state index >= 15 is 0 Å². The van der Waals surface area contributed by atoms with E-state index in [-0.39, 0.29) is 24.0 Å². The predicted octanol–water partition coefficient (Wildman–Crippen LogP) is 1.77. The van der Waals surface area contributed by atoms with Crippen LogP contribution in [0.5, 0.6) is 5.88 Å². The van der Waals surface area contributed by atoms with Crippen LogP contribution in [-0.4, -0.2) is 54.2 Å². The Labute approximate surface area is 136 Å². The minimum atomic E-state index is -4.44. The zero-order valence-electron chi connectivity index (χ0n) is 12.7.